The van der Waals surface area contributed by atoms with Gasteiger partial charge in [0.2, 0.25) is 5.91 Å². The average Bonchev–Trinajstić information content (AvgIpc) is 2.90. The second-order valence-electron chi connectivity index (χ2n) is 6.10. The highest BCUT2D eigenvalue weighted by molar-refractivity contribution is 5.85. The predicted molar refractivity (Wildman–Crippen MR) is 74.2 cm³/mol. The van der Waals surface area contributed by atoms with Gasteiger partial charge in [-0.25, -0.2) is 0 Å². The van der Waals surface area contributed by atoms with Gasteiger partial charge in [0, 0.05) is 19.8 Å². The summed E-state index contributed by atoms with van der Waals surface area (Å²) in [5.74, 6) is -0.909. The molecule has 1 saturated carbocycles. The van der Waals surface area contributed by atoms with Gasteiger partial charge in [-0.3, -0.25) is 9.59 Å². The number of nitrogens with one attached hydrogen (secondary N) is 1. The average molecular weight is 283 g/mol. The lowest BCUT2D eigenvalue weighted by Gasteiger charge is -2.23. The fourth-order valence-corrected chi connectivity index (χ4v) is 3.37. The minimum Gasteiger partial charge on any atom is -0.481 e. The molecule has 2 rings (SSSR count). The Labute approximate surface area is 120 Å². The topological polar surface area (TPSA) is 75.6 Å². The minimum atomic E-state index is -0.827. The number of ether oxygens (including phenoxy) is 1. The van der Waals surface area contributed by atoms with Crippen molar-refractivity contribution in [2.75, 3.05) is 19.8 Å². The quantitative estimate of drug-likeness (QED) is 0.804. The summed E-state index contributed by atoms with van der Waals surface area (Å²) < 4.78 is 5.29. The van der Waals surface area contributed by atoms with E-state index in [-0.39, 0.29) is 11.8 Å². The van der Waals surface area contributed by atoms with Crippen molar-refractivity contribution in [3.05, 3.63) is 0 Å². The van der Waals surface area contributed by atoms with Crippen LogP contribution in [-0.4, -0.2) is 36.7 Å². The Balaban J connectivity index is 1.85. The van der Waals surface area contributed by atoms with Crippen LogP contribution in [0.4, 0.5) is 0 Å². The Hall–Kier alpha value is -1.10. The number of carboxylic acids is 1. The first kappa shape index (κ1) is 15.3. The van der Waals surface area contributed by atoms with Gasteiger partial charge in [-0.05, 0) is 37.5 Å². The van der Waals surface area contributed by atoms with Crippen LogP contribution < -0.4 is 5.32 Å². The molecule has 0 radical (unpaired) electrons. The lowest BCUT2D eigenvalue weighted by Crippen LogP contribution is -2.38. The molecule has 2 fully saturated rings. The van der Waals surface area contributed by atoms with E-state index in [2.05, 4.69) is 12.2 Å². The number of carbonyl (C=O) groups excluding carboxylic acids is 1. The fraction of sp³-hybridized carbons (Fsp3) is 0.867. The van der Waals surface area contributed by atoms with Crippen molar-refractivity contribution in [3.63, 3.8) is 0 Å². The lowest BCUT2D eigenvalue weighted by atomic mass is 9.94. The summed E-state index contributed by atoms with van der Waals surface area (Å²) in [5, 5.41) is 12.2. The van der Waals surface area contributed by atoms with Crippen LogP contribution in [0, 0.1) is 23.7 Å². The molecule has 1 unspecified atom stereocenters. The lowest BCUT2D eigenvalue weighted by molar-refractivity contribution is -0.146. The molecule has 0 bridgehead atoms. The Bertz CT molecular complexity index is 352. The zero-order valence-electron chi connectivity index (χ0n) is 12.1. The molecule has 0 spiro atoms. The van der Waals surface area contributed by atoms with E-state index in [1.807, 2.05) is 0 Å². The maximum absolute atomic E-state index is 12.3. The largest absolute Gasteiger partial charge is 0.481 e. The number of amides is 1. The van der Waals surface area contributed by atoms with Gasteiger partial charge >= 0.3 is 5.97 Å². The first-order valence-electron chi connectivity index (χ1n) is 7.70. The van der Waals surface area contributed by atoms with Gasteiger partial charge in [0.25, 0.3) is 0 Å². The molecule has 0 aromatic heterocycles. The maximum atomic E-state index is 12.3. The van der Waals surface area contributed by atoms with Gasteiger partial charge in [0.05, 0.1) is 11.8 Å². The molecule has 114 valence electrons. The van der Waals surface area contributed by atoms with Crippen molar-refractivity contribution in [1.29, 1.82) is 0 Å². The molecule has 20 heavy (non-hydrogen) atoms. The third kappa shape index (κ3) is 3.72. The summed E-state index contributed by atoms with van der Waals surface area (Å²) in [6.45, 7) is 4.24. The molecular formula is C15H25NO4. The number of hydrogen-bond donors (Lipinski definition) is 2. The molecule has 0 aromatic carbocycles. The first-order valence-corrected chi connectivity index (χ1v) is 7.70. The van der Waals surface area contributed by atoms with Crippen molar-refractivity contribution < 1.29 is 19.4 Å². The van der Waals surface area contributed by atoms with Gasteiger partial charge in [0.15, 0.2) is 0 Å². The van der Waals surface area contributed by atoms with Gasteiger partial charge in [0.1, 0.15) is 0 Å². The Kier molecular flexibility index (Phi) is 5.40. The number of hydrogen-bond acceptors (Lipinski definition) is 3. The number of carbonyl (C=O) groups is 2. The molecule has 1 heterocycles. The van der Waals surface area contributed by atoms with Crippen molar-refractivity contribution in [1.82, 2.24) is 5.32 Å². The highest BCUT2D eigenvalue weighted by atomic mass is 16.5. The Morgan fingerprint density at radius 1 is 1.15 bits per heavy atom. The second kappa shape index (κ2) is 7.07. The van der Waals surface area contributed by atoms with Crippen LogP contribution in [0.3, 0.4) is 0 Å². The van der Waals surface area contributed by atoms with Crippen LogP contribution in [0.25, 0.3) is 0 Å². The van der Waals surface area contributed by atoms with Crippen molar-refractivity contribution in [2.45, 2.75) is 39.0 Å². The molecule has 2 N–H and O–H groups in total. The van der Waals surface area contributed by atoms with Crippen LogP contribution in [0.5, 0.6) is 0 Å². The maximum Gasteiger partial charge on any atom is 0.307 e. The van der Waals surface area contributed by atoms with E-state index < -0.39 is 11.9 Å². The van der Waals surface area contributed by atoms with Crippen molar-refractivity contribution >= 4 is 11.9 Å². The molecular weight excluding hydrogens is 258 g/mol. The highest BCUT2D eigenvalue weighted by Crippen LogP contribution is 2.38. The van der Waals surface area contributed by atoms with Crippen LogP contribution in [0.15, 0.2) is 0 Å². The molecule has 0 aromatic rings. The van der Waals surface area contributed by atoms with Crippen LogP contribution in [-0.2, 0) is 14.3 Å². The van der Waals surface area contributed by atoms with Crippen LogP contribution >= 0.6 is 0 Å². The van der Waals surface area contributed by atoms with E-state index in [4.69, 9.17) is 4.74 Å². The van der Waals surface area contributed by atoms with Crippen molar-refractivity contribution in [2.24, 2.45) is 23.7 Å². The molecule has 1 aliphatic heterocycles. The van der Waals surface area contributed by atoms with E-state index in [9.17, 15) is 14.7 Å². The molecule has 1 aliphatic carbocycles. The summed E-state index contributed by atoms with van der Waals surface area (Å²) in [6.07, 6.45) is 4.26. The van der Waals surface area contributed by atoms with Crippen LogP contribution in [0.2, 0.25) is 0 Å². The number of rotatable bonds is 5. The van der Waals surface area contributed by atoms with E-state index in [1.54, 1.807) is 0 Å². The monoisotopic (exact) mass is 283 g/mol. The first-order chi connectivity index (χ1) is 9.61. The third-order valence-corrected chi connectivity index (χ3v) is 4.80. The fourth-order valence-electron chi connectivity index (χ4n) is 3.37. The zero-order chi connectivity index (χ0) is 14.5. The van der Waals surface area contributed by atoms with E-state index in [0.717, 1.165) is 32.5 Å². The van der Waals surface area contributed by atoms with Gasteiger partial charge in [-0.15, -0.1) is 0 Å². The van der Waals surface area contributed by atoms with E-state index >= 15 is 0 Å². The number of carboxylic acid groups (broad SMARTS) is 1. The normalized spacial score (nSPS) is 31.1. The molecule has 2 aliphatic rings. The molecule has 5 heteroatoms. The highest BCUT2D eigenvalue weighted by Gasteiger charge is 2.42. The summed E-state index contributed by atoms with van der Waals surface area (Å²) in [5.41, 5.74) is 0. The predicted octanol–water partition coefficient (Wildman–Crippen LogP) is 1.67. The standard InChI is InChI=1S/C15H25NO4/c1-2-10-7-12(13(8-10)15(18)19)14(17)16-9-11-3-5-20-6-4-11/h10-13H,2-9H2,1H3,(H,16,17)(H,18,19)/t10?,12-,13+/m0/s1. The summed E-state index contributed by atoms with van der Waals surface area (Å²) in [4.78, 5) is 23.5. The smallest absolute Gasteiger partial charge is 0.307 e. The van der Waals surface area contributed by atoms with Gasteiger partial charge < -0.3 is 15.2 Å². The van der Waals surface area contributed by atoms with Gasteiger partial charge in [-0.1, -0.05) is 13.3 Å². The van der Waals surface area contributed by atoms with E-state index in [1.165, 1.54) is 0 Å². The Morgan fingerprint density at radius 2 is 1.80 bits per heavy atom. The van der Waals surface area contributed by atoms with Gasteiger partial charge in [-0.2, -0.15) is 0 Å². The summed E-state index contributed by atoms with van der Waals surface area (Å²) in [6, 6.07) is 0. The molecule has 3 atom stereocenters. The molecule has 5 nitrogen and oxygen atoms in total. The van der Waals surface area contributed by atoms with Crippen molar-refractivity contribution in [3.8, 4) is 0 Å². The summed E-state index contributed by atoms with van der Waals surface area (Å²) in [7, 11) is 0. The summed E-state index contributed by atoms with van der Waals surface area (Å²) >= 11 is 0. The SMILES string of the molecule is CCC1C[C@H](C(=O)NCC2CCOCC2)[C@H](C(=O)O)C1. The number of aliphatic carboxylic acids is 1. The molecule has 1 saturated heterocycles. The molecule has 1 amide bonds. The second-order valence-corrected chi connectivity index (χ2v) is 6.10. The Morgan fingerprint density at radius 3 is 2.40 bits per heavy atom. The third-order valence-electron chi connectivity index (χ3n) is 4.80. The van der Waals surface area contributed by atoms with Crippen LogP contribution in [0.1, 0.15) is 39.0 Å². The minimum absolute atomic E-state index is 0.0696. The van der Waals surface area contributed by atoms with E-state index in [0.29, 0.717) is 31.2 Å². The zero-order valence-corrected chi connectivity index (χ0v) is 12.1.